The fourth-order valence-electron chi connectivity index (χ4n) is 3.85. The molecule has 4 nitrogen and oxygen atoms in total. The highest BCUT2D eigenvalue weighted by Gasteiger charge is 2.38. The molecule has 0 amide bonds. The van der Waals surface area contributed by atoms with E-state index in [0.717, 1.165) is 12.2 Å². The molecular weight excluding hydrogens is 300 g/mol. The number of fused-ring (bicyclic) bond motifs is 1. The molecule has 0 bridgehead atoms. The molecule has 2 atom stereocenters. The van der Waals surface area contributed by atoms with Crippen molar-refractivity contribution in [1.29, 1.82) is 0 Å². The van der Waals surface area contributed by atoms with Gasteiger partial charge in [-0.05, 0) is 25.5 Å². The van der Waals surface area contributed by atoms with Gasteiger partial charge in [0.2, 0.25) is 0 Å². The van der Waals surface area contributed by atoms with Crippen LogP contribution in [0.15, 0.2) is 36.0 Å². The van der Waals surface area contributed by atoms with E-state index in [0.29, 0.717) is 13.2 Å². The van der Waals surface area contributed by atoms with Crippen molar-refractivity contribution in [3.8, 4) is 0 Å². The van der Waals surface area contributed by atoms with Crippen LogP contribution in [0.25, 0.3) is 0 Å². The highest BCUT2D eigenvalue weighted by molar-refractivity contribution is 5.94. The van der Waals surface area contributed by atoms with Gasteiger partial charge in [-0.15, -0.1) is 0 Å². The Balaban J connectivity index is 1.80. The number of ether oxygens (including phenoxy) is 1. The summed E-state index contributed by atoms with van der Waals surface area (Å²) in [6.07, 6.45) is 2.03. The number of benzene rings is 1. The lowest BCUT2D eigenvalue weighted by atomic mass is 9.83. The van der Waals surface area contributed by atoms with E-state index >= 15 is 0 Å². The number of para-hydroxylation sites is 1. The Kier molecular flexibility index (Phi) is 4.54. The quantitative estimate of drug-likeness (QED) is 0.799. The van der Waals surface area contributed by atoms with Crippen LogP contribution in [0.3, 0.4) is 0 Å². The van der Waals surface area contributed by atoms with E-state index in [-0.39, 0.29) is 23.3 Å². The molecule has 0 N–H and O–H groups in total. The summed E-state index contributed by atoms with van der Waals surface area (Å²) in [7, 11) is 2.05. The predicted molar refractivity (Wildman–Crippen MR) is 97.4 cm³/mol. The summed E-state index contributed by atoms with van der Waals surface area (Å²) < 4.78 is 5.65. The third kappa shape index (κ3) is 3.01. The molecule has 1 fully saturated rings. The second-order valence-corrected chi connectivity index (χ2v) is 7.62. The predicted octanol–water partition coefficient (Wildman–Crippen LogP) is 2.98. The van der Waals surface area contributed by atoms with E-state index < -0.39 is 0 Å². The molecule has 3 rings (SSSR count). The molecule has 0 aromatic heterocycles. The van der Waals surface area contributed by atoms with Crippen LogP contribution in [0.1, 0.15) is 33.3 Å². The molecule has 2 unspecified atom stereocenters. The fraction of sp³-hybridized carbons (Fsp3) is 0.550. The average molecular weight is 328 g/mol. The molecule has 130 valence electrons. The van der Waals surface area contributed by atoms with Crippen molar-refractivity contribution in [3.05, 3.63) is 41.6 Å². The Labute approximate surface area is 145 Å². The molecule has 24 heavy (non-hydrogen) atoms. The number of morpholine rings is 1. The maximum atomic E-state index is 12.7. The van der Waals surface area contributed by atoms with Gasteiger partial charge in [-0.3, -0.25) is 9.69 Å². The number of carbonyl (C=O) groups excluding carboxylic acids is 1. The molecule has 2 heterocycles. The largest absolute Gasteiger partial charge is 0.376 e. The first-order chi connectivity index (χ1) is 11.3. The normalized spacial score (nSPS) is 28.2. The molecule has 2 aliphatic heterocycles. The monoisotopic (exact) mass is 328 g/mol. The lowest BCUT2D eigenvalue weighted by molar-refractivity contribution is -0.119. The Morgan fingerprint density at radius 3 is 2.75 bits per heavy atom. The van der Waals surface area contributed by atoms with Crippen molar-refractivity contribution in [2.75, 3.05) is 31.6 Å². The standard InChI is InChI=1S/C20H28N2O2/c1-14-13-24-15(2)11-22(14)12-16(23)10-19-20(3,4)17-8-6-7-9-18(17)21(19)5/h6-10,14-15H,11-13H2,1-5H3/b19-10+. The fourth-order valence-corrected chi connectivity index (χ4v) is 3.85. The van der Waals surface area contributed by atoms with Crippen molar-refractivity contribution in [2.24, 2.45) is 0 Å². The van der Waals surface area contributed by atoms with Crippen LogP contribution in [0.4, 0.5) is 5.69 Å². The van der Waals surface area contributed by atoms with E-state index in [2.05, 4.69) is 55.7 Å². The van der Waals surface area contributed by atoms with Gasteiger partial charge < -0.3 is 9.64 Å². The Bertz CT molecular complexity index is 665. The second-order valence-electron chi connectivity index (χ2n) is 7.62. The molecule has 1 saturated heterocycles. The van der Waals surface area contributed by atoms with Crippen LogP contribution in [0.2, 0.25) is 0 Å². The maximum Gasteiger partial charge on any atom is 0.171 e. The topological polar surface area (TPSA) is 32.8 Å². The molecule has 2 aliphatic rings. The molecule has 1 aromatic carbocycles. The van der Waals surface area contributed by atoms with Crippen molar-refractivity contribution in [2.45, 2.75) is 45.3 Å². The minimum atomic E-state index is -0.148. The number of nitrogens with zero attached hydrogens (tertiary/aromatic N) is 2. The molecule has 0 saturated carbocycles. The van der Waals surface area contributed by atoms with E-state index in [1.165, 1.54) is 11.3 Å². The summed E-state index contributed by atoms with van der Waals surface area (Å²) in [5.74, 6) is 0.165. The third-order valence-corrected chi connectivity index (χ3v) is 5.33. The number of hydrogen-bond donors (Lipinski definition) is 0. The zero-order valence-electron chi connectivity index (χ0n) is 15.4. The van der Waals surface area contributed by atoms with Crippen LogP contribution >= 0.6 is 0 Å². The number of ketones is 1. The third-order valence-electron chi connectivity index (χ3n) is 5.33. The van der Waals surface area contributed by atoms with E-state index in [1.807, 2.05) is 19.2 Å². The SMILES string of the molecule is CC1CN(CC(=O)/C=C2/N(C)c3ccccc3C2(C)C)C(C)CO1. The zero-order chi connectivity index (χ0) is 17.5. The van der Waals surface area contributed by atoms with E-state index in [4.69, 9.17) is 4.74 Å². The van der Waals surface area contributed by atoms with Crippen LogP contribution in [-0.2, 0) is 14.9 Å². The van der Waals surface area contributed by atoms with Crippen LogP contribution in [-0.4, -0.2) is 49.6 Å². The maximum absolute atomic E-state index is 12.7. The average Bonchev–Trinajstić information content (AvgIpc) is 2.72. The van der Waals surface area contributed by atoms with Crippen molar-refractivity contribution < 1.29 is 9.53 Å². The van der Waals surface area contributed by atoms with Gasteiger partial charge in [0, 0.05) is 42.5 Å². The van der Waals surface area contributed by atoms with E-state index in [9.17, 15) is 4.79 Å². The van der Waals surface area contributed by atoms with Crippen molar-refractivity contribution in [1.82, 2.24) is 4.90 Å². The number of carbonyl (C=O) groups is 1. The van der Waals surface area contributed by atoms with Crippen LogP contribution < -0.4 is 4.90 Å². The summed E-state index contributed by atoms with van der Waals surface area (Å²) in [5.41, 5.74) is 3.39. The number of likely N-dealkylation sites (N-methyl/N-ethyl adjacent to an activating group) is 1. The van der Waals surface area contributed by atoms with Gasteiger partial charge in [0.15, 0.2) is 5.78 Å². The first kappa shape index (κ1) is 17.2. The van der Waals surface area contributed by atoms with Gasteiger partial charge in [-0.25, -0.2) is 0 Å². The molecule has 1 aromatic rings. The van der Waals surface area contributed by atoms with Gasteiger partial charge in [0.25, 0.3) is 0 Å². The molecule has 0 aliphatic carbocycles. The smallest absolute Gasteiger partial charge is 0.171 e. The first-order valence-electron chi connectivity index (χ1n) is 8.74. The number of rotatable bonds is 3. The van der Waals surface area contributed by atoms with Gasteiger partial charge in [0.1, 0.15) is 0 Å². The Morgan fingerprint density at radius 2 is 2.04 bits per heavy atom. The zero-order valence-corrected chi connectivity index (χ0v) is 15.4. The van der Waals surface area contributed by atoms with Gasteiger partial charge in [-0.1, -0.05) is 32.0 Å². The summed E-state index contributed by atoms with van der Waals surface area (Å²) >= 11 is 0. The van der Waals surface area contributed by atoms with Crippen LogP contribution in [0.5, 0.6) is 0 Å². The summed E-state index contributed by atoms with van der Waals surface area (Å²) in [5, 5.41) is 0. The lowest BCUT2D eigenvalue weighted by Gasteiger charge is -2.36. The van der Waals surface area contributed by atoms with Crippen LogP contribution in [0, 0.1) is 0 Å². The Hall–Kier alpha value is -1.65. The molecule has 4 heteroatoms. The molecule has 0 spiro atoms. The first-order valence-corrected chi connectivity index (χ1v) is 8.74. The van der Waals surface area contributed by atoms with Crippen molar-refractivity contribution in [3.63, 3.8) is 0 Å². The minimum Gasteiger partial charge on any atom is -0.376 e. The summed E-state index contributed by atoms with van der Waals surface area (Å²) in [6, 6.07) is 8.68. The minimum absolute atomic E-state index is 0.148. The summed E-state index contributed by atoms with van der Waals surface area (Å²) in [6.45, 7) is 10.5. The molecule has 0 radical (unpaired) electrons. The van der Waals surface area contributed by atoms with Gasteiger partial charge in [-0.2, -0.15) is 0 Å². The van der Waals surface area contributed by atoms with Gasteiger partial charge >= 0.3 is 0 Å². The highest BCUT2D eigenvalue weighted by atomic mass is 16.5. The van der Waals surface area contributed by atoms with E-state index in [1.54, 1.807) is 0 Å². The molecular formula is C20H28N2O2. The number of allylic oxidation sites excluding steroid dienone is 1. The number of hydrogen-bond acceptors (Lipinski definition) is 4. The lowest BCUT2D eigenvalue weighted by Crippen LogP contribution is -2.49. The van der Waals surface area contributed by atoms with Gasteiger partial charge in [0.05, 0.1) is 19.3 Å². The summed E-state index contributed by atoms with van der Waals surface area (Å²) in [4.78, 5) is 17.1. The Morgan fingerprint density at radius 1 is 1.33 bits per heavy atom. The second kappa shape index (κ2) is 6.34. The number of anilines is 1. The van der Waals surface area contributed by atoms with Crippen molar-refractivity contribution >= 4 is 11.5 Å². The highest BCUT2D eigenvalue weighted by Crippen LogP contribution is 2.46.